The molecule has 0 bridgehead atoms. The van der Waals surface area contributed by atoms with Crippen molar-refractivity contribution in [1.29, 1.82) is 0 Å². The fourth-order valence-electron chi connectivity index (χ4n) is 2.28. The van der Waals surface area contributed by atoms with Crippen molar-refractivity contribution in [3.63, 3.8) is 0 Å². The van der Waals surface area contributed by atoms with E-state index < -0.39 is 0 Å². The first-order valence-electron chi connectivity index (χ1n) is 6.07. The molecule has 4 heteroatoms. The zero-order valence-electron chi connectivity index (χ0n) is 10.2. The quantitative estimate of drug-likeness (QED) is 0.923. The van der Waals surface area contributed by atoms with Crippen LogP contribution in [0.1, 0.15) is 34.4 Å². The molecule has 3 rings (SSSR count). The van der Waals surface area contributed by atoms with E-state index in [1.807, 2.05) is 30.5 Å². The number of aliphatic hydroxyl groups excluding tert-OH is 1. The molecule has 1 N–H and O–H groups in total. The summed E-state index contributed by atoms with van der Waals surface area (Å²) >= 11 is 1.62. The summed E-state index contributed by atoms with van der Waals surface area (Å²) < 4.78 is 5.73. The van der Waals surface area contributed by atoms with E-state index in [0.29, 0.717) is 6.61 Å². The second kappa shape index (κ2) is 4.71. The first-order chi connectivity index (χ1) is 8.72. The van der Waals surface area contributed by atoms with Gasteiger partial charge < -0.3 is 9.84 Å². The summed E-state index contributed by atoms with van der Waals surface area (Å²) in [6.07, 6.45) is 1.46. The Morgan fingerprint density at radius 3 is 3.17 bits per heavy atom. The molecule has 1 aromatic carbocycles. The average molecular weight is 261 g/mol. The zero-order chi connectivity index (χ0) is 12.5. The minimum atomic E-state index is -0.296. The molecule has 0 saturated carbocycles. The van der Waals surface area contributed by atoms with Gasteiger partial charge in [-0.1, -0.05) is 6.07 Å². The van der Waals surface area contributed by atoms with Gasteiger partial charge in [0.15, 0.2) is 0 Å². The van der Waals surface area contributed by atoms with Crippen molar-refractivity contribution < 1.29 is 9.84 Å². The number of aromatic nitrogens is 1. The van der Waals surface area contributed by atoms with E-state index in [1.165, 1.54) is 5.56 Å². The standard InChI is InChI=1S/C14H15NO2S/c1-9-8-18-14(15-9)7-17-11-3-4-12-10(6-11)2-5-13(12)16/h3-4,6,8,13,16H,2,5,7H2,1H3/t13-/m0/s1. The summed E-state index contributed by atoms with van der Waals surface area (Å²) in [5, 5.41) is 12.8. The third-order valence-corrected chi connectivity index (χ3v) is 4.13. The highest BCUT2D eigenvalue weighted by molar-refractivity contribution is 7.09. The molecule has 0 unspecified atom stereocenters. The molecule has 0 fully saturated rings. The highest BCUT2D eigenvalue weighted by Crippen LogP contribution is 2.33. The van der Waals surface area contributed by atoms with Gasteiger partial charge in [-0.15, -0.1) is 11.3 Å². The summed E-state index contributed by atoms with van der Waals surface area (Å²) in [7, 11) is 0. The highest BCUT2D eigenvalue weighted by atomic mass is 32.1. The van der Waals surface area contributed by atoms with Gasteiger partial charge in [-0.25, -0.2) is 4.98 Å². The van der Waals surface area contributed by atoms with Crippen molar-refractivity contribution in [1.82, 2.24) is 4.98 Å². The Morgan fingerprint density at radius 2 is 2.39 bits per heavy atom. The smallest absolute Gasteiger partial charge is 0.140 e. The average Bonchev–Trinajstić information content (AvgIpc) is 2.94. The molecular formula is C14H15NO2S. The number of thiazole rings is 1. The van der Waals surface area contributed by atoms with E-state index in [-0.39, 0.29) is 6.10 Å². The largest absolute Gasteiger partial charge is 0.486 e. The van der Waals surface area contributed by atoms with Crippen molar-refractivity contribution in [2.45, 2.75) is 32.5 Å². The fourth-order valence-corrected chi connectivity index (χ4v) is 2.96. The van der Waals surface area contributed by atoms with Crippen LogP contribution in [-0.2, 0) is 13.0 Å². The fraction of sp³-hybridized carbons (Fsp3) is 0.357. The van der Waals surface area contributed by atoms with Crippen molar-refractivity contribution in [2.24, 2.45) is 0 Å². The molecule has 0 aliphatic heterocycles. The zero-order valence-corrected chi connectivity index (χ0v) is 11.0. The number of ether oxygens (including phenoxy) is 1. The highest BCUT2D eigenvalue weighted by Gasteiger charge is 2.20. The minimum absolute atomic E-state index is 0.296. The SMILES string of the molecule is Cc1csc(COc2ccc3c(c2)CC[C@@H]3O)n1. The Kier molecular flexibility index (Phi) is 3.06. The van der Waals surface area contributed by atoms with Gasteiger partial charge in [0.05, 0.1) is 6.10 Å². The second-order valence-corrected chi connectivity index (χ2v) is 5.53. The maximum Gasteiger partial charge on any atom is 0.140 e. The van der Waals surface area contributed by atoms with Crippen molar-refractivity contribution in [3.8, 4) is 5.75 Å². The molecule has 1 aliphatic rings. The molecule has 3 nitrogen and oxygen atoms in total. The predicted octanol–water partition coefficient (Wildman–Crippen LogP) is 3.01. The molecule has 1 atom stereocenters. The normalized spacial score (nSPS) is 17.8. The van der Waals surface area contributed by atoms with Gasteiger partial charge in [0.1, 0.15) is 17.4 Å². The Morgan fingerprint density at radius 1 is 1.50 bits per heavy atom. The molecule has 0 amide bonds. The molecule has 1 heterocycles. The third kappa shape index (κ3) is 2.26. The number of hydrogen-bond donors (Lipinski definition) is 1. The number of hydrogen-bond acceptors (Lipinski definition) is 4. The van der Waals surface area contributed by atoms with Crippen LogP contribution in [0.25, 0.3) is 0 Å². The lowest BCUT2D eigenvalue weighted by Gasteiger charge is -2.07. The molecule has 94 valence electrons. The van der Waals surface area contributed by atoms with Crippen molar-refractivity contribution >= 4 is 11.3 Å². The summed E-state index contributed by atoms with van der Waals surface area (Å²) in [5.74, 6) is 0.857. The number of fused-ring (bicyclic) bond motifs is 1. The van der Waals surface area contributed by atoms with Crippen molar-refractivity contribution in [3.05, 3.63) is 45.4 Å². The molecule has 1 aliphatic carbocycles. The lowest BCUT2D eigenvalue weighted by atomic mass is 10.1. The number of benzene rings is 1. The first kappa shape index (κ1) is 11.7. The Bertz CT molecular complexity index is 565. The summed E-state index contributed by atoms with van der Waals surface area (Å²) in [5.41, 5.74) is 3.29. The second-order valence-electron chi connectivity index (χ2n) is 4.59. The lowest BCUT2D eigenvalue weighted by molar-refractivity contribution is 0.180. The van der Waals surface area contributed by atoms with E-state index in [1.54, 1.807) is 11.3 Å². The summed E-state index contributed by atoms with van der Waals surface area (Å²) in [4.78, 5) is 4.36. The van der Waals surface area contributed by atoms with Crippen LogP contribution in [0.4, 0.5) is 0 Å². The molecule has 0 radical (unpaired) electrons. The predicted molar refractivity (Wildman–Crippen MR) is 70.9 cm³/mol. The Balaban J connectivity index is 1.70. The van der Waals surface area contributed by atoms with E-state index >= 15 is 0 Å². The minimum Gasteiger partial charge on any atom is -0.486 e. The number of nitrogens with zero attached hydrogens (tertiary/aromatic N) is 1. The van der Waals surface area contributed by atoms with Gasteiger partial charge in [-0.3, -0.25) is 0 Å². The molecule has 0 saturated heterocycles. The van der Waals surface area contributed by atoms with E-state index in [0.717, 1.165) is 34.9 Å². The molecule has 0 spiro atoms. The van der Waals surface area contributed by atoms with Gasteiger partial charge in [0.2, 0.25) is 0 Å². The number of rotatable bonds is 3. The lowest BCUT2D eigenvalue weighted by Crippen LogP contribution is -1.96. The van der Waals surface area contributed by atoms with Crippen LogP contribution in [-0.4, -0.2) is 10.1 Å². The molecule has 18 heavy (non-hydrogen) atoms. The maximum atomic E-state index is 9.73. The van der Waals surface area contributed by atoms with E-state index in [2.05, 4.69) is 4.98 Å². The van der Waals surface area contributed by atoms with Gasteiger partial charge in [-0.05, 0) is 43.0 Å². The molecular weight excluding hydrogens is 246 g/mol. The number of aliphatic hydroxyl groups is 1. The molecule has 2 aromatic rings. The van der Waals surface area contributed by atoms with E-state index in [9.17, 15) is 5.11 Å². The van der Waals surface area contributed by atoms with Crippen LogP contribution in [0.2, 0.25) is 0 Å². The van der Waals surface area contributed by atoms with Crippen LogP contribution >= 0.6 is 11.3 Å². The molecule has 1 aromatic heterocycles. The van der Waals surface area contributed by atoms with Crippen LogP contribution < -0.4 is 4.74 Å². The topological polar surface area (TPSA) is 42.4 Å². The van der Waals surface area contributed by atoms with E-state index in [4.69, 9.17) is 4.74 Å². The van der Waals surface area contributed by atoms with Gasteiger partial charge in [-0.2, -0.15) is 0 Å². The Labute approximate surface area is 110 Å². The maximum absolute atomic E-state index is 9.73. The Hall–Kier alpha value is -1.39. The summed E-state index contributed by atoms with van der Waals surface area (Å²) in [6, 6.07) is 5.93. The van der Waals surface area contributed by atoms with Crippen LogP contribution in [0, 0.1) is 6.92 Å². The monoisotopic (exact) mass is 261 g/mol. The van der Waals surface area contributed by atoms with Crippen LogP contribution in [0.5, 0.6) is 5.75 Å². The summed E-state index contributed by atoms with van der Waals surface area (Å²) in [6.45, 7) is 2.50. The van der Waals surface area contributed by atoms with Crippen molar-refractivity contribution in [2.75, 3.05) is 0 Å². The van der Waals surface area contributed by atoms with Crippen LogP contribution in [0.3, 0.4) is 0 Å². The van der Waals surface area contributed by atoms with Crippen LogP contribution in [0.15, 0.2) is 23.6 Å². The first-order valence-corrected chi connectivity index (χ1v) is 6.95. The van der Waals surface area contributed by atoms with Gasteiger partial charge >= 0.3 is 0 Å². The van der Waals surface area contributed by atoms with Gasteiger partial charge in [0.25, 0.3) is 0 Å². The third-order valence-electron chi connectivity index (χ3n) is 3.19. The van der Waals surface area contributed by atoms with Gasteiger partial charge in [0, 0.05) is 11.1 Å². The number of aryl methyl sites for hydroxylation is 2.